The lowest BCUT2D eigenvalue weighted by Gasteiger charge is -2.10. The number of pyridine rings is 1. The molecular formula is C15H16FN3O2. The summed E-state index contributed by atoms with van der Waals surface area (Å²) in [5, 5.41) is 5.25. The fraction of sp³-hybridized carbons (Fsp3) is 0.200. The van der Waals surface area contributed by atoms with Gasteiger partial charge < -0.3 is 15.4 Å². The van der Waals surface area contributed by atoms with Crippen molar-refractivity contribution in [1.29, 1.82) is 0 Å². The van der Waals surface area contributed by atoms with Crippen LogP contribution >= 0.6 is 0 Å². The van der Waals surface area contributed by atoms with Gasteiger partial charge in [-0.05, 0) is 36.8 Å². The van der Waals surface area contributed by atoms with Crippen LogP contribution in [0.15, 0.2) is 30.5 Å². The molecule has 0 unspecified atom stereocenters. The lowest BCUT2D eigenvalue weighted by Crippen LogP contribution is -2.15. The lowest BCUT2D eigenvalue weighted by atomic mass is 10.2. The molecule has 0 spiro atoms. The second kappa shape index (κ2) is 6.21. The maximum absolute atomic E-state index is 14.0. The normalized spacial score (nSPS) is 10.1. The van der Waals surface area contributed by atoms with Gasteiger partial charge in [0.15, 0.2) is 11.6 Å². The van der Waals surface area contributed by atoms with Crippen LogP contribution < -0.4 is 15.4 Å². The summed E-state index contributed by atoms with van der Waals surface area (Å²) in [4.78, 5) is 15.9. The average Bonchev–Trinajstić information content (AvgIpc) is 2.47. The Morgan fingerprint density at radius 2 is 2.10 bits per heavy atom. The van der Waals surface area contributed by atoms with Gasteiger partial charge in [-0.15, -0.1) is 0 Å². The number of halogens is 1. The SMILES string of the molecule is CNc1nccc(C(=O)Nc2ccc(OC)c(C)c2)c1F. The summed E-state index contributed by atoms with van der Waals surface area (Å²) >= 11 is 0. The quantitative estimate of drug-likeness (QED) is 0.908. The molecule has 21 heavy (non-hydrogen) atoms. The van der Waals surface area contributed by atoms with E-state index < -0.39 is 11.7 Å². The van der Waals surface area contributed by atoms with E-state index in [1.54, 1.807) is 32.4 Å². The van der Waals surface area contributed by atoms with E-state index in [4.69, 9.17) is 4.74 Å². The minimum atomic E-state index is -0.678. The minimum Gasteiger partial charge on any atom is -0.496 e. The van der Waals surface area contributed by atoms with Gasteiger partial charge in [-0.25, -0.2) is 9.37 Å². The van der Waals surface area contributed by atoms with Gasteiger partial charge in [0.1, 0.15) is 5.75 Å². The molecule has 0 fully saturated rings. The van der Waals surface area contributed by atoms with Crippen LogP contribution in [-0.2, 0) is 0 Å². The molecule has 1 aromatic carbocycles. The van der Waals surface area contributed by atoms with Gasteiger partial charge >= 0.3 is 0 Å². The van der Waals surface area contributed by atoms with Gasteiger partial charge in [0.25, 0.3) is 5.91 Å². The Bertz CT molecular complexity index is 674. The van der Waals surface area contributed by atoms with E-state index in [1.807, 2.05) is 6.92 Å². The Balaban J connectivity index is 2.24. The van der Waals surface area contributed by atoms with Crippen molar-refractivity contribution in [2.45, 2.75) is 6.92 Å². The smallest absolute Gasteiger partial charge is 0.258 e. The molecule has 1 amide bonds. The third kappa shape index (κ3) is 3.10. The predicted octanol–water partition coefficient (Wildman–Crippen LogP) is 2.83. The Morgan fingerprint density at radius 1 is 1.33 bits per heavy atom. The van der Waals surface area contributed by atoms with Crippen molar-refractivity contribution < 1.29 is 13.9 Å². The van der Waals surface area contributed by atoms with Crippen LogP contribution in [0.25, 0.3) is 0 Å². The first-order valence-electron chi connectivity index (χ1n) is 6.35. The van der Waals surface area contributed by atoms with Crippen molar-refractivity contribution in [3.05, 3.63) is 47.4 Å². The number of carbonyl (C=O) groups is 1. The van der Waals surface area contributed by atoms with Gasteiger partial charge in [-0.3, -0.25) is 4.79 Å². The van der Waals surface area contributed by atoms with E-state index in [2.05, 4.69) is 15.6 Å². The average molecular weight is 289 g/mol. The molecule has 110 valence electrons. The molecule has 0 saturated carbocycles. The Kier molecular flexibility index (Phi) is 4.37. The summed E-state index contributed by atoms with van der Waals surface area (Å²) < 4.78 is 19.2. The largest absolute Gasteiger partial charge is 0.496 e. The van der Waals surface area contributed by atoms with Gasteiger partial charge in [-0.1, -0.05) is 0 Å². The monoisotopic (exact) mass is 289 g/mol. The molecule has 5 nitrogen and oxygen atoms in total. The highest BCUT2D eigenvalue weighted by atomic mass is 19.1. The van der Waals surface area contributed by atoms with Crippen molar-refractivity contribution in [3.63, 3.8) is 0 Å². The molecule has 0 saturated heterocycles. The molecule has 0 aliphatic carbocycles. The van der Waals surface area contributed by atoms with Gasteiger partial charge in [-0.2, -0.15) is 0 Å². The van der Waals surface area contributed by atoms with Crippen molar-refractivity contribution >= 4 is 17.4 Å². The topological polar surface area (TPSA) is 63.2 Å². The predicted molar refractivity (Wildman–Crippen MR) is 79.4 cm³/mol. The van der Waals surface area contributed by atoms with Crippen molar-refractivity contribution in [2.24, 2.45) is 0 Å². The molecule has 1 heterocycles. The number of anilines is 2. The third-order valence-corrected chi connectivity index (χ3v) is 3.02. The van der Waals surface area contributed by atoms with Crippen LogP contribution in [-0.4, -0.2) is 25.0 Å². The van der Waals surface area contributed by atoms with Crippen LogP contribution in [0.3, 0.4) is 0 Å². The number of benzene rings is 1. The number of rotatable bonds is 4. The zero-order chi connectivity index (χ0) is 15.4. The van der Waals surface area contributed by atoms with Crippen LogP contribution in [0, 0.1) is 12.7 Å². The van der Waals surface area contributed by atoms with Crippen molar-refractivity contribution in [2.75, 3.05) is 24.8 Å². The minimum absolute atomic E-state index is 0.0357. The molecule has 6 heteroatoms. The van der Waals surface area contributed by atoms with Crippen molar-refractivity contribution in [1.82, 2.24) is 4.98 Å². The highest BCUT2D eigenvalue weighted by Crippen LogP contribution is 2.22. The second-order valence-electron chi connectivity index (χ2n) is 4.41. The lowest BCUT2D eigenvalue weighted by molar-refractivity contribution is 0.102. The molecular weight excluding hydrogens is 273 g/mol. The number of hydrogen-bond acceptors (Lipinski definition) is 4. The third-order valence-electron chi connectivity index (χ3n) is 3.02. The maximum Gasteiger partial charge on any atom is 0.258 e. The number of hydrogen-bond donors (Lipinski definition) is 2. The number of aromatic nitrogens is 1. The molecule has 0 bridgehead atoms. The number of methoxy groups -OCH3 is 1. The molecule has 2 aromatic rings. The Labute approximate surface area is 122 Å². The van der Waals surface area contributed by atoms with Crippen LogP contribution in [0.4, 0.5) is 15.9 Å². The maximum atomic E-state index is 14.0. The number of carbonyl (C=O) groups excluding carboxylic acids is 1. The number of aryl methyl sites for hydroxylation is 1. The van der Waals surface area contributed by atoms with E-state index in [9.17, 15) is 9.18 Å². The molecule has 0 aliphatic heterocycles. The van der Waals surface area contributed by atoms with E-state index >= 15 is 0 Å². The standard InChI is InChI=1S/C15H16FN3O2/c1-9-8-10(4-5-12(9)21-3)19-15(20)11-6-7-18-14(17-2)13(11)16/h4-8H,1-3H3,(H,17,18)(H,19,20). The van der Waals surface area contributed by atoms with Gasteiger partial charge in [0.2, 0.25) is 0 Å². The van der Waals surface area contributed by atoms with Gasteiger partial charge in [0, 0.05) is 18.9 Å². The highest BCUT2D eigenvalue weighted by Gasteiger charge is 2.15. The van der Waals surface area contributed by atoms with Crippen LogP contribution in [0.2, 0.25) is 0 Å². The first kappa shape index (κ1) is 14.8. The highest BCUT2D eigenvalue weighted by molar-refractivity contribution is 6.04. The Morgan fingerprint density at radius 3 is 2.71 bits per heavy atom. The number of nitrogens with one attached hydrogen (secondary N) is 2. The van der Waals surface area contributed by atoms with Crippen LogP contribution in [0.5, 0.6) is 5.75 Å². The van der Waals surface area contributed by atoms with E-state index in [-0.39, 0.29) is 11.4 Å². The summed E-state index contributed by atoms with van der Waals surface area (Å²) in [6.07, 6.45) is 1.38. The zero-order valence-electron chi connectivity index (χ0n) is 12.0. The van der Waals surface area contributed by atoms with Crippen molar-refractivity contribution in [3.8, 4) is 5.75 Å². The summed E-state index contributed by atoms with van der Waals surface area (Å²) in [5.41, 5.74) is 1.38. The number of amides is 1. The summed E-state index contributed by atoms with van der Waals surface area (Å²) in [5.74, 6) is -0.451. The van der Waals surface area contributed by atoms with Crippen LogP contribution in [0.1, 0.15) is 15.9 Å². The fourth-order valence-electron chi connectivity index (χ4n) is 1.95. The molecule has 0 aliphatic rings. The molecule has 0 atom stereocenters. The number of ether oxygens (including phenoxy) is 1. The number of nitrogens with zero attached hydrogens (tertiary/aromatic N) is 1. The van der Waals surface area contributed by atoms with E-state index in [1.165, 1.54) is 12.3 Å². The fourth-order valence-corrected chi connectivity index (χ4v) is 1.95. The zero-order valence-corrected chi connectivity index (χ0v) is 12.0. The molecule has 0 radical (unpaired) electrons. The first-order valence-corrected chi connectivity index (χ1v) is 6.35. The molecule has 2 N–H and O–H groups in total. The molecule has 1 aromatic heterocycles. The summed E-state index contributed by atoms with van der Waals surface area (Å²) in [6.45, 7) is 1.86. The van der Waals surface area contributed by atoms with E-state index in [0.29, 0.717) is 5.69 Å². The summed E-state index contributed by atoms with van der Waals surface area (Å²) in [6, 6.07) is 6.53. The van der Waals surface area contributed by atoms with E-state index in [0.717, 1.165) is 11.3 Å². The second-order valence-corrected chi connectivity index (χ2v) is 4.41. The summed E-state index contributed by atoms with van der Waals surface area (Å²) in [7, 11) is 3.12. The van der Waals surface area contributed by atoms with Gasteiger partial charge in [0.05, 0.1) is 12.7 Å². The first-order chi connectivity index (χ1) is 10.1. The Hall–Kier alpha value is -2.63. The molecule has 2 rings (SSSR count).